The number of hydrogen-bond acceptors (Lipinski definition) is 4. The molecule has 3 atom stereocenters. The molecule has 7 heteroatoms. The summed E-state index contributed by atoms with van der Waals surface area (Å²) in [5.74, 6) is -1.38. The van der Waals surface area contributed by atoms with Crippen LogP contribution in [0.2, 0.25) is 0 Å². The Hall–Kier alpha value is -0.690. The van der Waals surface area contributed by atoms with Crippen LogP contribution in [0.1, 0.15) is 19.3 Å². The Labute approximate surface area is 104 Å². The van der Waals surface area contributed by atoms with Crippen LogP contribution in [-0.4, -0.2) is 49.3 Å². The van der Waals surface area contributed by atoms with Crippen LogP contribution in [0.25, 0.3) is 0 Å². The molecule has 0 spiro atoms. The molecule has 4 nitrogen and oxygen atoms in total. The van der Waals surface area contributed by atoms with E-state index in [-0.39, 0.29) is 18.9 Å². The van der Waals surface area contributed by atoms with Gasteiger partial charge in [-0.3, -0.25) is 4.90 Å². The molecule has 1 saturated carbocycles. The van der Waals surface area contributed by atoms with Gasteiger partial charge < -0.3 is 5.32 Å². The number of nitrogens with one attached hydrogen (secondary N) is 1. The van der Waals surface area contributed by atoms with Crippen LogP contribution in [0, 0.1) is 10.8 Å². The van der Waals surface area contributed by atoms with Crippen LogP contribution in [0.3, 0.4) is 0 Å². The summed E-state index contributed by atoms with van der Waals surface area (Å²) in [6.45, 7) is 3.10. The summed E-state index contributed by atoms with van der Waals surface area (Å²) in [6.07, 6.45) is -3.78. The highest BCUT2D eigenvalue weighted by molar-refractivity contribution is 4.91. The van der Waals surface area contributed by atoms with Crippen molar-refractivity contribution >= 4 is 0 Å². The largest absolute Gasteiger partial charge is 0.391 e. The van der Waals surface area contributed by atoms with Crippen LogP contribution in [0.5, 0.6) is 0 Å². The maximum atomic E-state index is 12.8. The molecule has 1 aliphatic heterocycles. The van der Waals surface area contributed by atoms with E-state index in [0.29, 0.717) is 6.42 Å². The van der Waals surface area contributed by atoms with Gasteiger partial charge in [-0.1, -0.05) is 5.18 Å². The minimum absolute atomic E-state index is 0.107. The van der Waals surface area contributed by atoms with Gasteiger partial charge in [-0.2, -0.15) is 18.1 Å². The van der Waals surface area contributed by atoms with Gasteiger partial charge >= 0.3 is 6.18 Å². The number of alkyl halides is 3. The Morgan fingerprint density at radius 2 is 1.78 bits per heavy atom. The van der Waals surface area contributed by atoms with Crippen LogP contribution in [0.15, 0.2) is 5.18 Å². The zero-order chi connectivity index (χ0) is 13.2. The zero-order valence-corrected chi connectivity index (χ0v) is 10.1. The van der Waals surface area contributed by atoms with Gasteiger partial charge in [0.15, 0.2) is 0 Å². The SMILES string of the molecule is O=NC1CC(N2CCNCC2)CC(C(F)(F)F)C1. The van der Waals surface area contributed by atoms with Gasteiger partial charge in [-0.05, 0) is 19.3 Å². The Morgan fingerprint density at radius 1 is 1.11 bits per heavy atom. The van der Waals surface area contributed by atoms with Gasteiger partial charge in [0, 0.05) is 32.2 Å². The van der Waals surface area contributed by atoms with Gasteiger partial charge in [0.05, 0.1) is 12.0 Å². The Kier molecular flexibility index (Phi) is 4.21. The summed E-state index contributed by atoms with van der Waals surface area (Å²) < 4.78 is 38.5. The van der Waals surface area contributed by atoms with E-state index in [4.69, 9.17) is 0 Å². The summed E-state index contributed by atoms with van der Waals surface area (Å²) in [4.78, 5) is 12.7. The zero-order valence-electron chi connectivity index (χ0n) is 10.1. The topological polar surface area (TPSA) is 44.7 Å². The van der Waals surface area contributed by atoms with Crippen molar-refractivity contribution in [1.82, 2.24) is 10.2 Å². The number of halogens is 3. The molecule has 1 heterocycles. The van der Waals surface area contributed by atoms with Gasteiger partial charge in [0.2, 0.25) is 0 Å². The predicted molar refractivity (Wildman–Crippen MR) is 61.2 cm³/mol. The molecule has 0 aromatic heterocycles. The van der Waals surface area contributed by atoms with Crippen LogP contribution in [-0.2, 0) is 0 Å². The molecule has 3 unspecified atom stereocenters. The Balaban J connectivity index is 2.03. The fourth-order valence-corrected chi connectivity index (χ4v) is 2.96. The monoisotopic (exact) mass is 265 g/mol. The van der Waals surface area contributed by atoms with E-state index < -0.39 is 18.1 Å². The van der Waals surface area contributed by atoms with Crippen molar-refractivity contribution in [2.45, 2.75) is 37.5 Å². The highest BCUT2D eigenvalue weighted by Crippen LogP contribution is 2.40. The van der Waals surface area contributed by atoms with E-state index in [9.17, 15) is 18.1 Å². The number of piperazine rings is 1. The second kappa shape index (κ2) is 5.52. The van der Waals surface area contributed by atoms with E-state index in [1.54, 1.807) is 0 Å². The molecule has 0 aromatic rings. The molecular weight excluding hydrogens is 247 g/mol. The van der Waals surface area contributed by atoms with Gasteiger partial charge in [0.1, 0.15) is 0 Å². The van der Waals surface area contributed by atoms with E-state index in [2.05, 4.69) is 15.4 Å². The molecule has 0 amide bonds. The first-order chi connectivity index (χ1) is 8.50. The van der Waals surface area contributed by atoms with Crippen molar-refractivity contribution in [3.63, 3.8) is 0 Å². The molecule has 1 saturated heterocycles. The van der Waals surface area contributed by atoms with Crippen molar-refractivity contribution in [2.75, 3.05) is 26.2 Å². The lowest BCUT2D eigenvalue weighted by atomic mass is 9.81. The molecule has 0 aromatic carbocycles. The molecule has 2 aliphatic rings. The van der Waals surface area contributed by atoms with Gasteiger partial charge in [-0.25, -0.2) is 0 Å². The molecule has 18 heavy (non-hydrogen) atoms. The minimum Gasteiger partial charge on any atom is -0.314 e. The maximum Gasteiger partial charge on any atom is 0.391 e. The second-order valence-electron chi connectivity index (χ2n) is 5.14. The molecule has 2 rings (SSSR count). The number of hydrogen-bond donors (Lipinski definition) is 1. The molecule has 104 valence electrons. The van der Waals surface area contributed by atoms with Crippen LogP contribution < -0.4 is 5.32 Å². The summed E-state index contributed by atoms with van der Waals surface area (Å²) in [7, 11) is 0. The molecular formula is C11H18F3N3O. The first-order valence-electron chi connectivity index (χ1n) is 6.34. The van der Waals surface area contributed by atoms with Crippen molar-refractivity contribution < 1.29 is 13.2 Å². The lowest BCUT2D eigenvalue weighted by molar-refractivity contribution is -0.188. The highest BCUT2D eigenvalue weighted by atomic mass is 19.4. The fourth-order valence-electron chi connectivity index (χ4n) is 2.96. The maximum absolute atomic E-state index is 12.8. The highest BCUT2D eigenvalue weighted by Gasteiger charge is 2.46. The van der Waals surface area contributed by atoms with E-state index in [1.165, 1.54) is 0 Å². The average molecular weight is 265 g/mol. The lowest BCUT2D eigenvalue weighted by Gasteiger charge is -2.41. The van der Waals surface area contributed by atoms with Crippen molar-refractivity contribution in [1.29, 1.82) is 0 Å². The van der Waals surface area contributed by atoms with E-state index >= 15 is 0 Å². The summed E-state index contributed by atoms with van der Waals surface area (Å²) in [5.41, 5.74) is 0. The standard InChI is InChI=1S/C11H18F3N3O/c12-11(13,14)8-5-9(16-18)7-10(6-8)17-3-1-15-2-4-17/h8-10,15H,1-7H2. The van der Waals surface area contributed by atoms with Crippen molar-refractivity contribution in [3.05, 3.63) is 4.91 Å². The first kappa shape index (κ1) is 13.7. The van der Waals surface area contributed by atoms with E-state index in [0.717, 1.165) is 26.2 Å². The van der Waals surface area contributed by atoms with E-state index in [1.807, 2.05) is 0 Å². The summed E-state index contributed by atoms with van der Waals surface area (Å²) in [6, 6.07) is -0.847. The summed E-state index contributed by atoms with van der Waals surface area (Å²) >= 11 is 0. The average Bonchev–Trinajstić information content (AvgIpc) is 2.38. The van der Waals surface area contributed by atoms with Crippen LogP contribution in [0.4, 0.5) is 13.2 Å². The first-order valence-corrected chi connectivity index (χ1v) is 6.34. The predicted octanol–water partition coefficient (Wildman–Crippen LogP) is 1.76. The second-order valence-corrected chi connectivity index (χ2v) is 5.14. The third-order valence-corrected chi connectivity index (χ3v) is 3.94. The minimum atomic E-state index is -4.21. The third kappa shape index (κ3) is 3.20. The molecule has 1 N–H and O–H groups in total. The van der Waals surface area contributed by atoms with Crippen LogP contribution >= 0.6 is 0 Å². The quantitative estimate of drug-likeness (QED) is 0.774. The van der Waals surface area contributed by atoms with Crippen molar-refractivity contribution in [3.8, 4) is 0 Å². The number of nitroso groups, excluding NO2 is 1. The molecule has 2 fully saturated rings. The summed E-state index contributed by atoms with van der Waals surface area (Å²) in [5, 5.41) is 6.04. The molecule has 0 bridgehead atoms. The lowest BCUT2D eigenvalue weighted by Crippen LogP contribution is -2.52. The molecule has 0 radical (unpaired) electrons. The van der Waals surface area contributed by atoms with Gasteiger partial charge in [-0.15, -0.1) is 0 Å². The van der Waals surface area contributed by atoms with Gasteiger partial charge in [0.25, 0.3) is 0 Å². The fraction of sp³-hybridized carbons (Fsp3) is 1.00. The molecule has 1 aliphatic carbocycles. The Bertz CT molecular complexity index is 292. The number of rotatable bonds is 2. The van der Waals surface area contributed by atoms with Crippen molar-refractivity contribution in [2.24, 2.45) is 11.1 Å². The number of nitrogens with zero attached hydrogens (tertiary/aromatic N) is 2. The normalized spacial score (nSPS) is 35.4. The third-order valence-electron chi connectivity index (χ3n) is 3.94. The smallest absolute Gasteiger partial charge is 0.314 e. The Morgan fingerprint density at radius 3 is 2.33 bits per heavy atom.